The molecule has 32 heavy (non-hydrogen) atoms. The molecule has 2 amide bonds. The molecule has 0 bridgehead atoms. The van der Waals surface area contributed by atoms with Crippen molar-refractivity contribution in [2.45, 2.75) is 62.8 Å². The molecule has 0 atom stereocenters. The minimum absolute atomic E-state index is 0.0113. The van der Waals surface area contributed by atoms with E-state index < -0.39 is 15.6 Å². The van der Waals surface area contributed by atoms with Gasteiger partial charge in [0.25, 0.3) is 0 Å². The summed E-state index contributed by atoms with van der Waals surface area (Å²) >= 11 is 0. The molecule has 0 radical (unpaired) electrons. The van der Waals surface area contributed by atoms with Crippen LogP contribution >= 0.6 is 0 Å². The molecule has 7 nitrogen and oxygen atoms in total. The molecule has 8 heteroatoms. The Hall–Kier alpha value is -2.35. The number of sulfone groups is 1. The number of benzene rings is 1. The maximum Gasteiger partial charge on any atom is 0.242 e. The van der Waals surface area contributed by atoms with Gasteiger partial charge < -0.3 is 14.4 Å². The number of aromatic nitrogens is 1. The first kappa shape index (κ1) is 22.8. The molecular weight excluding hydrogens is 426 g/mol. The van der Waals surface area contributed by atoms with Gasteiger partial charge >= 0.3 is 0 Å². The van der Waals surface area contributed by atoms with Gasteiger partial charge in [0.1, 0.15) is 12.3 Å². The van der Waals surface area contributed by atoms with Gasteiger partial charge in [-0.3, -0.25) is 9.59 Å². The van der Waals surface area contributed by atoms with Gasteiger partial charge in [-0.05, 0) is 31.7 Å². The largest absolute Gasteiger partial charge is 0.342 e. The third kappa shape index (κ3) is 5.17. The maximum atomic E-state index is 13.3. The Labute approximate surface area is 190 Å². The topological polar surface area (TPSA) is 79.7 Å². The first-order chi connectivity index (χ1) is 15.5. The lowest BCUT2D eigenvalue weighted by Crippen LogP contribution is -2.36. The summed E-state index contributed by atoms with van der Waals surface area (Å²) in [5.41, 5.74) is 0.705. The van der Waals surface area contributed by atoms with Crippen LogP contribution in [0.4, 0.5) is 0 Å². The summed E-state index contributed by atoms with van der Waals surface area (Å²) in [6, 6.07) is 7.22. The number of amides is 2. The molecule has 4 rings (SSSR count). The van der Waals surface area contributed by atoms with Crippen molar-refractivity contribution >= 4 is 32.6 Å². The van der Waals surface area contributed by atoms with E-state index >= 15 is 0 Å². The Bertz CT molecular complexity index is 1060. The molecule has 2 saturated heterocycles. The Morgan fingerprint density at radius 3 is 1.88 bits per heavy atom. The van der Waals surface area contributed by atoms with Gasteiger partial charge in [0, 0.05) is 43.3 Å². The van der Waals surface area contributed by atoms with Crippen LogP contribution in [0, 0.1) is 0 Å². The van der Waals surface area contributed by atoms with Crippen molar-refractivity contribution in [1.82, 2.24) is 14.4 Å². The predicted molar refractivity (Wildman–Crippen MR) is 124 cm³/mol. The molecule has 2 aliphatic heterocycles. The molecule has 1 aromatic carbocycles. The van der Waals surface area contributed by atoms with Crippen molar-refractivity contribution in [2.75, 3.05) is 31.9 Å². The van der Waals surface area contributed by atoms with Crippen LogP contribution in [0.5, 0.6) is 0 Å². The summed E-state index contributed by atoms with van der Waals surface area (Å²) in [5, 5.41) is 0.569. The number of hydrogen-bond acceptors (Lipinski definition) is 4. The maximum absolute atomic E-state index is 13.3. The van der Waals surface area contributed by atoms with Gasteiger partial charge in [0.05, 0.1) is 4.90 Å². The van der Waals surface area contributed by atoms with E-state index in [0.29, 0.717) is 24.0 Å². The van der Waals surface area contributed by atoms with E-state index in [4.69, 9.17) is 0 Å². The molecule has 2 aromatic rings. The second kappa shape index (κ2) is 10.1. The zero-order chi connectivity index (χ0) is 22.6. The van der Waals surface area contributed by atoms with Gasteiger partial charge in [-0.25, -0.2) is 8.42 Å². The number of rotatable bonds is 5. The number of nitrogens with zero attached hydrogens (tertiary/aromatic N) is 3. The lowest BCUT2D eigenvalue weighted by molar-refractivity contribution is -0.131. The average Bonchev–Trinajstić information content (AvgIpc) is 3.00. The zero-order valence-corrected chi connectivity index (χ0v) is 19.5. The van der Waals surface area contributed by atoms with E-state index in [1.54, 1.807) is 27.8 Å². The van der Waals surface area contributed by atoms with Crippen molar-refractivity contribution < 1.29 is 18.0 Å². The highest BCUT2D eigenvalue weighted by molar-refractivity contribution is 7.92. The highest BCUT2D eigenvalue weighted by Gasteiger charge is 2.28. The van der Waals surface area contributed by atoms with E-state index in [1.807, 2.05) is 17.0 Å². The zero-order valence-electron chi connectivity index (χ0n) is 18.7. The molecule has 2 aliphatic rings. The molecule has 174 valence electrons. The first-order valence-corrected chi connectivity index (χ1v) is 13.5. The van der Waals surface area contributed by atoms with E-state index in [1.165, 1.54) is 0 Å². The first-order valence-electron chi connectivity index (χ1n) is 11.8. The lowest BCUT2D eigenvalue weighted by atomic mass is 10.2. The molecule has 3 heterocycles. The quantitative estimate of drug-likeness (QED) is 0.688. The lowest BCUT2D eigenvalue weighted by Gasteiger charge is -2.20. The van der Waals surface area contributed by atoms with Crippen molar-refractivity contribution in [2.24, 2.45) is 0 Å². The Balaban J connectivity index is 1.57. The second-order valence-electron chi connectivity index (χ2n) is 8.99. The van der Waals surface area contributed by atoms with Gasteiger partial charge in [0.2, 0.25) is 11.8 Å². The highest BCUT2D eigenvalue weighted by atomic mass is 32.2. The summed E-state index contributed by atoms with van der Waals surface area (Å²) in [7, 11) is -3.83. The summed E-state index contributed by atoms with van der Waals surface area (Å²) < 4.78 is 28.3. The van der Waals surface area contributed by atoms with E-state index in [2.05, 4.69) is 0 Å². The van der Waals surface area contributed by atoms with Gasteiger partial charge in [-0.2, -0.15) is 0 Å². The van der Waals surface area contributed by atoms with Crippen molar-refractivity contribution in [3.63, 3.8) is 0 Å². The average molecular weight is 460 g/mol. The van der Waals surface area contributed by atoms with E-state index in [-0.39, 0.29) is 23.3 Å². The predicted octanol–water partition coefficient (Wildman–Crippen LogP) is 3.22. The molecule has 2 fully saturated rings. The fraction of sp³-hybridized carbons (Fsp3) is 0.583. The number of likely N-dealkylation sites (tertiary alicyclic amines) is 2. The number of hydrogen-bond donors (Lipinski definition) is 0. The SMILES string of the molecule is O=C(Cn1cc(S(=O)(=O)CC(=O)N2CCCCCC2)c2ccccc21)N1CCCCCC1. The normalized spacial score (nSPS) is 18.4. The van der Waals surface area contributed by atoms with Crippen LogP contribution in [-0.4, -0.2) is 66.5 Å². The van der Waals surface area contributed by atoms with Crippen LogP contribution in [-0.2, 0) is 26.0 Å². The molecule has 0 saturated carbocycles. The summed E-state index contributed by atoms with van der Waals surface area (Å²) in [4.78, 5) is 29.4. The van der Waals surface area contributed by atoms with Crippen LogP contribution in [0.25, 0.3) is 10.9 Å². The molecule has 0 N–H and O–H groups in total. The standard InChI is InChI=1S/C24H33N3O4S/c28-23(25-13-7-1-2-8-14-25)18-27-17-22(20-11-5-6-12-21(20)27)32(30,31)19-24(29)26-15-9-3-4-10-16-26/h5-6,11-12,17H,1-4,7-10,13-16,18-19H2. The van der Waals surface area contributed by atoms with Crippen LogP contribution in [0.3, 0.4) is 0 Å². The molecule has 0 unspecified atom stereocenters. The number of fused-ring (bicyclic) bond motifs is 1. The van der Waals surface area contributed by atoms with Crippen molar-refractivity contribution in [3.8, 4) is 0 Å². The Morgan fingerprint density at radius 2 is 1.28 bits per heavy atom. The summed E-state index contributed by atoms with van der Waals surface area (Å²) in [5.74, 6) is -0.845. The minimum Gasteiger partial charge on any atom is -0.342 e. The van der Waals surface area contributed by atoms with Gasteiger partial charge in [-0.1, -0.05) is 43.9 Å². The number of carbonyl (C=O) groups is 2. The molecule has 1 aromatic heterocycles. The third-order valence-corrected chi connectivity index (χ3v) is 8.25. The smallest absolute Gasteiger partial charge is 0.242 e. The second-order valence-corrected chi connectivity index (χ2v) is 10.9. The highest BCUT2D eigenvalue weighted by Crippen LogP contribution is 2.27. The monoisotopic (exact) mass is 459 g/mol. The van der Waals surface area contributed by atoms with Crippen molar-refractivity contribution in [1.29, 1.82) is 0 Å². The Morgan fingerprint density at radius 1 is 0.750 bits per heavy atom. The van der Waals surface area contributed by atoms with Crippen LogP contribution in [0.2, 0.25) is 0 Å². The summed E-state index contributed by atoms with van der Waals surface area (Å²) in [6.45, 7) is 2.87. The number of carbonyl (C=O) groups excluding carboxylic acids is 2. The van der Waals surface area contributed by atoms with Crippen LogP contribution < -0.4 is 0 Å². The van der Waals surface area contributed by atoms with Crippen LogP contribution in [0.15, 0.2) is 35.4 Å². The van der Waals surface area contributed by atoms with E-state index in [0.717, 1.165) is 64.5 Å². The molecular formula is C24H33N3O4S. The fourth-order valence-electron chi connectivity index (χ4n) is 4.81. The number of para-hydroxylation sites is 1. The fourth-order valence-corrected chi connectivity index (χ4v) is 6.27. The molecule has 0 spiro atoms. The van der Waals surface area contributed by atoms with E-state index in [9.17, 15) is 18.0 Å². The minimum atomic E-state index is -3.83. The van der Waals surface area contributed by atoms with Gasteiger partial charge in [0.15, 0.2) is 9.84 Å². The molecule has 0 aliphatic carbocycles. The van der Waals surface area contributed by atoms with Crippen LogP contribution in [0.1, 0.15) is 51.4 Å². The Kier molecular flexibility index (Phi) is 7.18. The third-order valence-electron chi connectivity index (χ3n) is 6.62. The van der Waals surface area contributed by atoms with Gasteiger partial charge in [-0.15, -0.1) is 0 Å². The summed E-state index contributed by atoms with van der Waals surface area (Å²) in [6.07, 6.45) is 9.85. The van der Waals surface area contributed by atoms with Crippen molar-refractivity contribution in [3.05, 3.63) is 30.5 Å².